The van der Waals surface area contributed by atoms with E-state index in [1.165, 1.54) is 18.4 Å². The summed E-state index contributed by atoms with van der Waals surface area (Å²) in [7, 11) is -1.42. The Morgan fingerprint density at radius 3 is 2.65 bits per heavy atom. The highest BCUT2D eigenvalue weighted by atomic mass is 32.2. The highest BCUT2D eigenvalue weighted by Gasteiger charge is 2.10. The molecule has 8 heteroatoms. The molecule has 5 nitrogen and oxygen atoms in total. The fourth-order valence-electron chi connectivity index (χ4n) is 1.95. The molecule has 0 spiro atoms. The van der Waals surface area contributed by atoms with Gasteiger partial charge in [-0.25, -0.2) is 17.2 Å². The first kappa shape index (κ1) is 19.3. The lowest BCUT2D eigenvalue weighted by Gasteiger charge is -2.17. The molecule has 0 bridgehead atoms. The van der Waals surface area contributed by atoms with Gasteiger partial charge in [-0.1, -0.05) is 12.1 Å². The zero-order valence-electron chi connectivity index (χ0n) is 13.6. The Kier molecular flexibility index (Phi) is 7.41. The molecule has 2 N–H and O–H groups in total. The predicted octanol–water partition coefficient (Wildman–Crippen LogP) is 1.50. The summed E-state index contributed by atoms with van der Waals surface area (Å²) in [4.78, 5) is 4.02. The van der Waals surface area contributed by atoms with Gasteiger partial charge < -0.3 is 10.6 Å². The summed E-state index contributed by atoms with van der Waals surface area (Å²) in [5.74, 6) is -1.12. The van der Waals surface area contributed by atoms with Crippen LogP contribution in [0.2, 0.25) is 0 Å². The Balaban J connectivity index is 2.44. The largest absolute Gasteiger partial charge is 0.356 e. The van der Waals surface area contributed by atoms with Gasteiger partial charge in [0.15, 0.2) is 17.6 Å². The van der Waals surface area contributed by atoms with Crippen LogP contribution < -0.4 is 10.6 Å². The van der Waals surface area contributed by atoms with Crippen molar-refractivity contribution in [1.29, 1.82) is 0 Å². The number of hydrogen-bond acceptors (Lipinski definition) is 3. The molecule has 1 atom stereocenters. The number of benzene rings is 1. The van der Waals surface area contributed by atoms with Crippen molar-refractivity contribution in [3.63, 3.8) is 0 Å². The summed E-state index contributed by atoms with van der Waals surface area (Å²) in [6.07, 6.45) is 1.96. The van der Waals surface area contributed by atoms with Gasteiger partial charge in [0.05, 0.1) is 5.75 Å². The van der Waals surface area contributed by atoms with Crippen molar-refractivity contribution >= 4 is 15.8 Å². The average Bonchev–Trinajstić information content (AvgIpc) is 2.47. The highest BCUT2D eigenvalue weighted by Crippen LogP contribution is 2.11. The summed E-state index contributed by atoms with van der Waals surface area (Å²) < 4.78 is 48.9. The lowest BCUT2D eigenvalue weighted by Crippen LogP contribution is -2.43. The van der Waals surface area contributed by atoms with E-state index in [9.17, 15) is 17.2 Å². The first-order valence-electron chi connectivity index (χ1n) is 7.30. The number of rotatable bonds is 7. The van der Waals surface area contributed by atoms with Crippen LogP contribution in [0.5, 0.6) is 0 Å². The number of guanidine groups is 1. The zero-order chi connectivity index (χ0) is 17.5. The molecular weight excluding hydrogens is 324 g/mol. The predicted molar refractivity (Wildman–Crippen MR) is 88.3 cm³/mol. The third-order valence-corrected chi connectivity index (χ3v) is 4.22. The second kappa shape index (κ2) is 8.81. The minimum Gasteiger partial charge on any atom is -0.356 e. The molecule has 0 aliphatic rings. The van der Waals surface area contributed by atoms with Crippen LogP contribution in [0.4, 0.5) is 8.78 Å². The molecule has 23 heavy (non-hydrogen) atoms. The van der Waals surface area contributed by atoms with Crippen molar-refractivity contribution in [2.45, 2.75) is 25.8 Å². The van der Waals surface area contributed by atoms with Crippen LogP contribution in [0.1, 0.15) is 18.9 Å². The van der Waals surface area contributed by atoms with E-state index < -0.39 is 21.5 Å². The average molecular weight is 347 g/mol. The molecule has 1 unspecified atom stereocenters. The number of aliphatic imine (C=N–C) groups is 1. The topological polar surface area (TPSA) is 70.6 Å². The Morgan fingerprint density at radius 2 is 2.04 bits per heavy atom. The lowest BCUT2D eigenvalue weighted by molar-refractivity contribution is 0.498. The molecule has 0 radical (unpaired) electrons. The van der Waals surface area contributed by atoms with Crippen LogP contribution in [0.3, 0.4) is 0 Å². The second-order valence-electron chi connectivity index (χ2n) is 5.43. The maximum Gasteiger partial charge on any atom is 0.191 e. The third-order valence-electron chi connectivity index (χ3n) is 3.25. The summed E-state index contributed by atoms with van der Waals surface area (Å²) >= 11 is 0. The maximum absolute atomic E-state index is 13.5. The first-order valence-corrected chi connectivity index (χ1v) is 9.36. The summed E-state index contributed by atoms with van der Waals surface area (Å²) in [6.45, 7) is 2.23. The molecule has 0 heterocycles. The highest BCUT2D eigenvalue weighted by molar-refractivity contribution is 7.90. The monoisotopic (exact) mass is 347 g/mol. The van der Waals surface area contributed by atoms with Gasteiger partial charge >= 0.3 is 0 Å². The molecule has 0 saturated carbocycles. The van der Waals surface area contributed by atoms with E-state index in [4.69, 9.17) is 0 Å². The number of halogens is 2. The Labute approximate surface area is 136 Å². The maximum atomic E-state index is 13.5. The van der Waals surface area contributed by atoms with E-state index in [0.29, 0.717) is 25.3 Å². The van der Waals surface area contributed by atoms with E-state index in [0.717, 1.165) is 6.07 Å². The molecule has 0 aromatic heterocycles. The number of nitrogens with one attached hydrogen (secondary N) is 2. The van der Waals surface area contributed by atoms with Gasteiger partial charge in [-0.15, -0.1) is 0 Å². The molecular formula is C15H23F2N3O2S. The quantitative estimate of drug-likeness (QED) is 0.579. The van der Waals surface area contributed by atoms with Crippen molar-refractivity contribution in [2.24, 2.45) is 4.99 Å². The van der Waals surface area contributed by atoms with Gasteiger partial charge in [-0.05, 0) is 31.4 Å². The molecule has 130 valence electrons. The molecule has 0 aliphatic carbocycles. The van der Waals surface area contributed by atoms with Gasteiger partial charge in [0.2, 0.25) is 0 Å². The van der Waals surface area contributed by atoms with Crippen LogP contribution in [0.25, 0.3) is 0 Å². The van der Waals surface area contributed by atoms with Crippen molar-refractivity contribution in [3.05, 3.63) is 35.4 Å². The first-order chi connectivity index (χ1) is 10.7. The SMILES string of the molecule is CN=C(NCCc1cccc(F)c1F)NC(C)CCS(C)(=O)=O. The van der Waals surface area contributed by atoms with Crippen LogP contribution in [-0.4, -0.2) is 46.0 Å². The fraction of sp³-hybridized carbons (Fsp3) is 0.533. The minimum absolute atomic E-state index is 0.0816. The zero-order valence-corrected chi connectivity index (χ0v) is 14.4. The van der Waals surface area contributed by atoms with Crippen LogP contribution in [0, 0.1) is 11.6 Å². The van der Waals surface area contributed by atoms with E-state index in [-0.39, 0.29) is 17.4 Å². The summed E-state index contributed by atoms with van der Waals surface area (Å²) in [6, 6.07) is 4.00. The third kappa shape index (κ3) is 7.40. The van der Waals surface area contributed by atoms with Crippen molar-refractivity contribution in [2.75, 3.05) is 25.6 Å². The normalized spacial score (nSPS) is 13.7. The van der Waals surface area contributed by atoms with Crippen molar-refractivity contribution in [1.82, 2.24) is 10.6 Å². The van der Waals surface area contributed by atoms with Gasteiger partial charge in [0.25, 0.3) is 0 Å². The van der Waals surface area contributed by atoms with E-state index in [1.54, 1.807) is 7.05 Å². The Hall–Kier alpha value is -1.70. The van der Waals surface area contributed by atoms with Gasteiger partial charge in [0, 0.05) is 25.9 Å². The van der Waals surface area contributed by atoms with Crippen LogP contribution in [-0.2, 0) is 16.3 Å². The minimum atomic E-state index is -3.00. The number of nitrogens with zero attached hydrogens (tertiary/aromatic N) is 1. The second-order valence-corrected chi connectivity index (χ2v) is 7.69. The van der Waals surface area contributed by atoms with Crippen molar-refractivity contribution < 1.29 is 17.2 Å². The summed E-state index contributed by atoms with van der Waals surface area (Å²) in [5.41, 5.74) is 0.290. The molecule has 0 amide bonds. The van der Waals surface area contributed by atoms with Crippen molar-refractivity contribution in [3.8, 4) is 0 Å². The molecule has 0 aliphatic heterocycles. The number of hydrogen-bond donors (Lipinski definition) is 2. The molecule has 0 saturated heterocycles. The molecule has 1 rings (SSSR count). The standard InChI is InChI=1S/C15H23F2N3O2S/c1-11(8-10-23(3,21)22)20-15(18-2)19-9-7-12-5-4-6-13(16)14(12)17/h4-6,11H,7-10H2,1-3H3,(H2,18,19,20). The lowest BCUT2D eigenvalue weighted by atomic mass is 10.1. The molecule has 1 aromatic carbocycles. The summed E-state index contributed by atoms with van der Waals surface area (Å²) in [5, 5.41) is 6.05. The smallest absolute Gasteiger partial charge is 0.191 e. The Bertz CT molecular complexity index is 648. The van der Waals surface area contributed by atoms with Gasteiger partial charge in [0.1, 0.15) is 9.84 Å². The van der Waals surface area contributed by atoms with Gasteiger partial charge in [-0.2, -0.15) is 0 Å². The van der Waals surface area contributed by atoms with E-state index >= 15 is 0 Å². The Morgan fingerprint density at radius 1 is 1.35 bits per heavy atom. The van der Waals surface area contributed by atoms with E-state index in [1.807, 2.05) is 6.92 Å². The van der Waals surface area contributed by atoms with E-state index in [2.05, 4.69) is 15.6 Å². The molecule has 1 aromatic rings. The van der Waals surface area contributed by atoms with Gasteiger partial charge in [-0.3, -0.25) is 4.99 Å². The number of sulfone groups is 1. The van der Waals surface area contributed by atoms with Crippen LogP contribution >= 0.6 is 0 Å². The van der Waals surface area contributed by atoms with Crippen LogP contribution in [0.15, 0.2) is 23.2 Å². The molecule has 0 fully saturated rings. The fourth-order valence-corrected chi connectivity index (χ4v) is 2.73.